The van der Waals surface area contributed by atoms with E-state index in [0.717, 1.165) is 50.5 Å². The molecule has 1 aliphatic rings. The molecular formula is C24H34N4O2+2. The fraction of sp³-hybridized carbons (Fsp3) is 0.417. The Labute approximate surface area is 179 Å². The largest absolute Gasteiger partial charge is 0.494 e. The molecule has 6 nitrogen and oxygen atoms in total. The lowest BCUT2D eigenvalue weighted by Gasteiger charge is -2.29. The lowest BCUT2D eigenvalue weighted by molar-refractivity contribution is -1.02. The second-order valence-corrected chi connectivity index (χ2v) is 8.05. The molecule has 1 fully saturated rings. The summed E-state index contributed by atoms with van der Waals surface area (Å²) in [6, 6.07) is 16.5. The summed E-state index contributed by atoms with van der Waals surface area (Å²) in [6.45, 7) is 10.7. The van der Waals surface area contributed by atoms with Crippen molar-refractivity contribution in [2.24, 2.45) is 5.10 Å². The van der Waals surface area contributed by atoms with Crippen LogP contribution in [-0.4, -0.2) is 51.5 Å². The van der Waals surface area contributed by atoms with Crippen molar-refractivity contribution in [3.8, 4) is 5.75 Å². The maximum Gasteiger partial charge on any atom is 0.295 e. The molecule has 6 heteroatoms. The first kappa shape index (κ1) is 22.0. The highest BCUT2D eigenvalue weighted by atomic mass is 16.5. The highest BCUT2D eigenvalue weighted by molar-refractivity contribution is 5.82. The maximum atomic E-state index is 12.2. The van der Waals surface area contributed by atoms with Crippen LogP contribution >= 0.6 is 0 Å². The number of amides is 1. The summed E-state index contributed by atoms with van der Waals surface area (Å²) in [7, 11) is 0. The number of carbonyl (C=O) groups excluding carboxylic acids is 1. The van der Waals surface area contributed by atoms with Gasteiger partial charge in [-0.15, -0.1) is 0 Å². The van der Waals surface area contributed by atoms with Crippen LogP contribution in [0.2, 0.25) is 0 Å². The number of hydrazone groups is 1. The average Bonchev–Trinajstić information content (AvgIpc) is 2.76. The van der Waals surface area contributed by atoms with Crippen LogP contribution in [0, 0.1) is 6.92 Å². The molecule has 160 valence electrons. The molecule has 0 unspecified atom stereocenters. The molecule has 0 spiro atoms. The van der Waals surface area contributed by atoms with Crippen LogP contribution in [0.1, 0.15) is 30.0 Å². The molecule has 1 saturated heterocycles. The van der Waals surface area contributed by atoms with Gasteiger partial charge in [0, 0.05) is 5.56 Å². The van der Waals surface area contributed by atoms with Crippen LogP contribution in [-0.2, 0) is 11.3 Å². The Hall–Kier alpha value is -2.70. The van der Waals surface area contributed by atoms with Crippen LogP contribution in [0.25, 0.3) is 0 Å². The zero-order chi connectivity index (χ0) is 21.2. The number of carbonyl (C=O) groups is 1. The predicted octanol–water partition coefficient (Wildman–Crippen LogP) is 0.218. The summed E-state index contributed by atoms with van der Waals surface area (Å²) >= 11 is 0. The minimum absolute atomic E-state index is 0.0360. The van der Waals surface area contributed by atoms with Crippen LogP contribution in [0.15, 0.2) is 53.6 Å². The van der Waals surface area contributed by atoms with Gasteiger partial charge in [0.2, 0.25) is 0 Å². The first-order chi connectivity index (χ1) is 14.6. The Bertz CT molecular complexity index is 810. The summed E-state index contributed by atoms with van der Waals surface area (Å²) in [4.78, 5) is 15.1. The van der Waals surface area contributed by atoms with E-state index in [1.807, 2.05) is 24.3 Å². The Morgan fingerprint density at radius 1 is 1.03 bits per heavy atom. The molecule has 1 aliphatic heterocycles. The minimum atomic E-state index is -0.0360. The Kier molecular flexibility index (Phi) is 8.41. The zero-order valence-electron chi connectivity index (χ0n) is 18.1. The van der Waals surface area contributed by atoms with Gasteiger partial charge in [-0.1, -0.05) is 36.8 Å². The first-order valence-corrected chi connectivity index (χ1v) is 10.9. The molecule has 3 rings (SSSR count). The molecule has 2 aromatic rings. The molecule has 0 bridgehead atoms. The highest BCUT2D eigenvalue weighted by Crippen LogP contribution is 2.11. The predicted molar refractivity (Wildman–Crippen MR) is 119 cm³/mol. The molecule has 0 aromatic heterocycles. The Balaban J connectivity index is 1.35. The van der Waals surface area contributed by atoms with Gasteiger partial charge < -0.3 is 14.5 Å². The lowest BCUT2D eigenvalue weighted by Crippen LogP contribution is -3.28. The summed E-state index contributed by atoms with van der Waals surface area (Å²) in [5.41, 5.74) is 6.27. The third-order valence-corrected chi connectivity index (χ3v) is 5.41. The van der Waals surface area contributed by atoms with E-state index in [4.69, 9.17) is 4.74 Å². The van der Waals surface area contributed by atoms with E-state index in [1.54, 1.807) is 11.1 Å². The molecule has 0 aliphatic carbocycles. The van der Waals surface area contributed by atoms with E-state index in [-0.39, 0.29) is 5.91 Å². The van der Waals surface area contributed by atoms with Crippen LogP contribution < -0.4 is 20.0 Å². The number of hydrogen-bond acceptors (Lipinski definition) is 3. The normalized spacial score (nSPS) is 19.0. The topological polar surface area (TPSA) is 59.6 Å². The van der Waals surface area contributed by atoms with Gasteiger partial charge in [-0.2, -0.15) is 5.10 Å². The number of nitrogens with zero attached hydrogens (tertiary/aromatic N) is 1. The summed E-state index contributed by atoms with van der Waals surface area (Å²) in [5.74, 6) is 0.816. The average molecular weight is 411 g/mol. The van der Waals surface area contributed by atoms with Crippen molar-refractivity contribution in [3.05, 3.63) is 65.2 Å². The maximum absolute atomic E-state index is 12.2. The number of piperazine rings is 1. The molecule has 30 heavy (non-hydrogen) atoms. The van der Waals surface area contributed by atoms with Crippen molar-refractivity contribution in [3.63, 3.8) is 0 Å². The third-order valence-electron chi connectivity index (χ3n) is 5.41. The van der Waals surface area contributed by atoms with Gasteiger partial charge in [0.1, 0.15) is 38.5 Å². The zero-order valence-corrected chi connectivity index (χ0v) is 18.1. The molecule has 1 heterocycles. The highest BCUT2D eigenvalue weighted by Gasteiger charge is 2.24. The third kappa shape index (κ3) is 7.28. The van der Waals surface area contributed by atoms with Gasteiger partial charge in [0.05, 0.1) is 12.8 Å². The van der Waals surface area contributed by atoms with Crippen molar-refractivity contribution in [1.82, 2.24) is 5.43 Å². The molecule has 3 N–H and O–H groups in total. The number of hydrogen-bond donors (Lipinski definition) is 3. The van der Waals surface area contributed by atoms with Gasteiger partial charge in [0.25, 0.3) is 5.91 Å². The van der Waals surface area contributed by atoms with E-state index in [9.17, 15) is 4.79 Å². The second kappa shape index (κ2) is 11.5. The van der Waals surface area contributed by atoms with E-state index in [1.165, 1.54) is 16.0 Å². The van der Waals surface area contributed by atoms with Gasteiger partial charge in [0.15, 0.2) is 6.54 Å². The standard InChI is InChI=1S/C24H32N4O2/c1-3-16-30-23-10-8-21(9-11-23)17-25-26-24(29)19-28-14-12-27(13-15-28)18-22-6-4-20(2)5-7-22/h4-11,17H,3,12-16,18-19H2,1-2H3,(H,26,29)/p+2/b25-17-. The fourth-order valence-electron chi connectivity index (χ4n) is 3.62. The van der Waals surface area contributed by atoms with E-state index in [2.05, 4.69) is 48.6 Å². The van der Waals surface area contributed by atoms with Crippen LogP contribution in [0.4, 0.5) is 0 Å². The SMILES string of the molecule is CCCOc1ccc(/C=N\NC(=O)C[NH+]2CC[NH+](Cc3ccc(C)cc3)CC2)cc1. The van der Waals surface area contributed by atoms with Gasteiger partial charge >= 0.3 is 0 Å². The smallest absolute Gasteiger partial charge is 0.295 e. The van der Waals surface area contributed by atoms with E-state index >= 15 is 0 Å². The van der Waals surface area contributed by atoms with Gasteiger partial charge in [-0.3, -0.25) is 4.79 Å². The van der Waals surface area contributed by atoms with Gasteiger partial charge in [-0.05, 0) is 43.2 Å². The number of rotatable bonds is 9. The number of nitrogens with one attached hydrogen (secondary N) is 3. The Morgan fingerprint density at radius 2 is 1.70 bits per heavy atom. The first-order valence-electron chi connectivity index (χ1n) is 10.9. The fourth-order valence-corrected chi connectivity index (χ4v) is 3.62. The summed E-state index contributed by atoms with van der Waals surface area (Å²) in [6.07, 6.45) is 2.65. The molecule has 0 radical (unpaired) electrons. The summed E-state index contributed by atoms with van der Waals surface area (Å²) < 4.78 is 5.56. The monoisotopic (exact) mass is 410 g/mol. The van der Waals surface area contributed by atoms with Crippen molar-refractivity contribution in [1.29, 1.82) is 0 Å². The van der Waals surface area contributed by atoms with Crippen molar-refractivity contribution < 1.29 is 19.3 Å². The van der Waals surface area contributed by atoms with Crippen molar-refractivity contribution >= 4 is 12.1 Å². The quantitative estimate of drug-likeness (QED) is 0.409. The molecule has 0 saturated carbocycles. The summed E-state index contributed by atoms with van der Waals surface area (Å²) in [5, 5.41) is 4.09. The number of aryl methyl sites for hydroxylation is 1. The van der Waals surface area contributed by atoms with Crippen LogP contribution in [0.3, 0.4) is 0 Å². The van der Waals surface area contributed by atoms with Gasteiger partial charge in [-0.25, -0.2) is 5.43 Å². The lowest BCUT2D eigenvalue weighted by atomic mass is 10.1. The molecule has 2 aromatic carbocycles. The van der Waals surface area contributed by atoms with Crippen LogP contribution in [0.5, 0.6) is 5.75 Å². The van der Waals surface area contributed by atoms with E-state index in [0.29, 0.717) is 13.2 Å². The van der Waals surface area contributed by atoms with E-state index < -0.39 is 0 Å². The van der Waals surface area contributed by atoms with Crippen molar-refractivity contribution in [2.75, 3.05) is 39.3 Å². The molecular weight excluding hydrogens is 376 g/mol. The Morgan fingerprint density at radius 3 is 2.37 bits per heavy atom. The number of benzene rings is 2. The molecule has 1 amide bonds. The van der Waals surface area contributed by atoms with Crippen molar-refractivity contribution in [2.45, 2.75) is 26.8 Å². The minimum Gasteiger partial charge on any atom is -0.494 e. The number of quaternary nitrogens is 2. The molecule has 0 atom stereocenters. The second-order valence-electron chi connectivity index (χ2n) is 8.05. The number of ether oxygens (including phenoxy) is 1.